The smallest absolute Gasteiger partial charge is 0.272 e. The van der Waals surface area contributed by atoms with Gasteiger partial charge in [0.15, 0.2) is 0 Å². The van der Waals surface area contributed by atoms with Crippen LogP contribution < -0.4 is 10.2 Å². The Morgan fingerprint density at radius 1 is 1.06 bits per heavy atom. The van der Waals surface area contributed by atoms with Crippen molar-refractivity contribution in [3.05, 3.63) is 64.2 Å². The number of aryl methyl sites for hydroxylation is 2. The first-order chi connectivity index (χ1) is 15.0. The summed E-state index contributed by atoms with van der Waals surface area (Å²) in [6, 6.07) is 11.0. The first kappa shape index (κ1) is 25.4. The highest BCUT2D eigenvalue weighted by Crippen LogP contribution is 2.30. The number of carbonyl (C=O) groups is 2. The van der Waals surface area contributed by atoms with Crippen LogP contribution in [-0.2, 0) is 6.42 Å². The molecule has 5 heteroatoms. The highest BCUT2D eigenvalue weighted by molar-refractivity contribution is 6.00. The fourth-order valence-electron chi connectivity index (χ4n) is 4.22. The summed E-state index contributed by atoms with van der Waals surface area (Å²) in [6.07, 6.45) is 2.32. The van der Waals surface area contributed by atoms with E-state index >= 15 is 0 Å². The number of amides is 2. The first-order valence-electron chi connectivity index (χ1n) is 11.4. The summed E-state index contributed by atoms with van der Waals surface area (Å²) in [4.78, 5) is 27.2. The van der Waals surface area contributed by atoms with Gasteiger partial charge in [-0.05, 0) is 56.4 Å². The molecule has 0 saturated heterocycles. The predicted molar refractivity (Wildman–Crippen MR) is 130 cm³/mol. The van der Waals surface area contributed by atoms with Crippen LogP contribution in [0, 0.1) is 19.3 Å². The highest BCUT2D eigenvalue weighted by atomic mass is 16.5. The van der Waals surface area contributed by atoms with E-state index in [2.05, 4.69) is 33.1 Å². The molecule has 2 aromatic rings. The largest absolute Gasteiger partial charge is 0.496 e. The molecule has 32 heavy (non-hydrogen) atoms. The summed E-state index contributed by atoms with van der Waals surface area (Å²) in [5.74, 6) is 0.185. The number of hydrazine groups is 1. The van der Waals surface area contributed by atoms with E-state index in [1.807, 2.05) is 57.2 Å². The lowest BCUT2D eigenvalue weighted by Gasteiger charge is -2.40. The predicted octanol–water partition coefficient (Wildman–Crippen LogP) is 5.88. The van der Waals surface area contributed by atoms with Gasteiger partial charge in [-0.2, -0.15) is 0 Å². The van der Waals surface area contributed by atoms with E-state index in [4.69, 9.17) is 4.74 Å². The summed E-state index contributed by atoms with van der Waals surface area (Å²) >= 11 is 0. The molecule has 1 atom stereocenters. The molecule has 0 heterocycles. The Hall–Kier alpha value is -2.82. The van der Waals surface area contributed by atoms with Crippen LogP contribution in [0.2, 0.25) is 0 Å². The SMILES string of the molecule is CCCC(N(NC(=O)c1cc(C)cc(C)c1)C(=O)c1cccc(OC)c1CC)C(C)(C)C. The maximum Gasteiger partial charge on any atom is 0.272 e. The molecule has 0 saturated carbocycles. The number of rotatable bonds is 7. The molecule has 0 bridgehead atoms. The molecule has 2 amide bonds. The monoisotopic (exact) mass is 438 g/mol. The molecule has 0 aliphatic carbocycles. The van der Waals surface area contributed by atoms with Crippen molar-refractivity contribution in [2.45, 2.75) is 73.8 Å². The molecule has 174 valence electrons. The lowest BCUT2D eigenvalue weighted by Crippen LogP contribution is -2.56. The maximum absolute atomic E-state index is 13.9. The zero-order valence-corrected chi connectivity index (χ0v) is 20.8. The Bertz CT molecular complexity index is 940. The third kappa shape index (κ3) is 5.90. The van der Waals surface area contributed by atoms with Crippen molar-refractivity contribution in [2.75, 3.05) is 7.11 Å². The summed E-state index contributed by atoms with van der Waals surface area (Å²) < 4.78 is 5.50. The van der Waals surface area contributed by atoms with Gasteiger partial charge in [-0.3, -0.25) is 15.0 Å². The van der Waals surface area contributed by atoms with Gasteiger partial charge in [0.25, 0.3) is 11.8 Å². The van der Waals surface area contributed by atoms with E-state index in [-0.39, 0.29) is 23.3 Å². The van der Waals surface area contributed by atoms with Gasteiger partial charge in [-0.25, -0.2) is 5.01 Å². The minimum absolute atomic E-state index is 0.175. The average molecular weight is 439 g/mol. The standard InChI is InChI=1S/C27H38N2O3/c1-9-12-24(27(5,6)7)29(28-25(30)20-16-18(3)15-19(4)17-20)26(31)22-13-11-14-23(32-8)21(22)10-2/h11,13-17,24H,9-10,12H2,1-8H3,(H,28,30). The van der Waals surface area contributed by atoms with Gasteiger partial charge in [0.1, 0.15) is 5.75 Å². The van der Waals surface area contributed by atoms with Crippen LogP contribution in [0.5, 0.6) is 5.75 Å². The van der Waals surface area contributed by atoms with Crippen molar-refractivity contribution in [3.63, 3.8) is 0 Å². The summed E-state index contributed by atoms with van der Waals surface area (Å²) in [5, 5.41) is 1.55. The molecule has 1 N–H and O–H groups in total. The molecule has 0 radical (unpaired) electrons. The van der Waals surface area contributed by atoms with E-state index in [0.29, 0.717) is 23.3 Å². The van der Waals surface area contributed by atoms with Crippen molar-refractivity contribution in [1.29, 1.82) is 0 Å². The Kier molecular flexibility index (Phi) is 8.48. The number of methoxy groups -OCH3 is 1. The molecule has 5 nitrogen and oxygen atoms in total. The van der Waals surface area contributed by atoms with Crippen molar-refractivity contribution in [1.82, 2.24) is 10.4 Å². The van der Waals surface area contributed by atoms with Gasteiger partial charge >= 0.3 is 0 Å². The molecule has 0 fully saturated rings. The molecular formula is C27H38N2O3. The fourth-order valence-corrected chi connectivity index (χ4v) is 4.22. The van der Waals surface area contributed by atoms with E-state index in [1.165, 1.54) is 0 Å². The number of hydrogen-bond acceptors (Lipinski definition) is 3. The molecule has 0 aliphatic heterocycles. The van der Waals surface area contributed by atoms with Gasteiger partial charge < -0.3 is 4.74 Å². The molecular weight excluding hydrogens is 400 g/mol. The van der Waals surface area contributed by atoms with E-state index in [1.54, 1.807) is 12.1 Å². The van der Waals surface area contributed by atoms with Crippen LogP contribution in [-0.4, -0.2) is 30.0 Å². The number of nitrogens with one attached hydrogen (secondary N) is 1. The Balaban J connectivity index is 2.56. The lowest BCUT2D eigenvalue weighted by atomic mass is 9.83. The maximum atomic E-state index is 13.9. The first-order valence-corrected chi connectivity index (χ1v) is 11.4. The fraction of sp³-hybridized carbons (Fsp3) is 0.481. The van der Waals surface area contributed by atoms with Gasteiger partial charge in [0.05, 0.1) is 13.2 Å². The number of carbonyl (C=O) groups excluding carboxylic acids is 2. The second-order valence-corrected chi connectivity index (χ2v) is 9.50. The second-order valence-electron chi connectivity index (χ2n) is 9.50. The quantitative estimate of drug-likeness (QED) is 0.550. The lowest BCUT2D eigenvalue weighted by molar-refractivity contribution is 0.0270. The minimum Gasteiger partial charge on any atom is -0.496 e. The third-order valence-corrected chi connectivity index (χ3v) is 5.74. The van der Waals surface area contributed by atoms with E-state index in [0.717, 1.165) is 29.5 Å². The van der Waals surface area contributed by atoms with Crippen molar-refractivity contribution in [3.8, 4) is 5.75 Å². The van der Waals surface area contributed by atoms with Crippen molar-refractivity contribution < 1.29 is 14.3 Å². The van der Waals surface area contributed by atoms with Crippen LogP contribution in [0.4, 0.5) is 0 Å². The van der Waals surface area contributed by atoms with Gasteiger partial charge in [0, 0.05) is 16.7 Å². The third-order valence-electron chi connectivity index (χ3n) is 5.74. The number of ether oxygens (including phenoxy) is 1. The van der Waals surface area contributed by atoms with Crippen LogP contribution in [0.3, 0.4) is 0 Å². The van der Waals surface area contributed by atoms with Gasteiger partial charge in [-0.1, -0.05) is 64.3 Å². The van der Waals surface area contributed by atoms with Gasteiger partial charge in [0.2, 0.25) is 0 Å². The second kappa shape index (κ2) is 10.7. The van der Waals surface area contributed by atoms with Crippen LogP contribution >= 0.6 is 0 Å². The van der Waals surface area contributed by atoms with Gasteiger partial charge in [-0.15, -0.1) is 0 Å². The number of hydrogen-bond donors (Lipinski definition) is 1. The molecule has 2 aromatic carbocycles. The van der Waals surface area contributed by atoms with Crippen LogP contribution in [0.1, 0.15) is 84.9 Å². The highest BCUT2D eigenvalue weighted by Gasteiger charge is 2.35. The molecule has 0 spiro atoms. The van der Waals surface area contributed by atoms with E-state index in [9.17, 15) is 9.59 Å². The Morgan fingerprint density at radius 2 is 1.69 bits per heavy atom. The van der Waals surface area contributed by atoms with Crippen LogP contribution in [0.25, 0.3) is 0 Å². The Labute approximate surface area is 193 Å². The molecule has 1 unspecified atom stereocenters. The van der Waals surface area contributed by atoms with Crippen molar-refractivity contribution >= 4 is 11.8 Å². The topological polar surface area (TPSA) is 58.6 Å². The van der Waals surface area contributed by atoms with E-state index < -0.39 is 0 Å². The Morgan fingerprint density at radius 3 is 2.19 bits per heavy atom. The average Bonchev–Trinajstić information content (AvgIpc) is 2.73. The minimum atomic E-state index is -0.281. The molecule has 2 rings (SSSR count). The zero-order valence-electron chi connectivity index (χ0n) is 20.8. The van der Waals surface area contributed by atoms with Crippen molar-refractivity contribution in [2.24, 2.45) is 5.41 Å². The summed E-state index contributed by atoms with van der Waals surface area (Å²) in [6.45, 7) is 14.3. The summed E-state index contributed by atoms with van der Waals surface area (Å²) in [7, 11) is 1.61. The van der Waals surface area contributed by atoms with Crippen LogP contribution in [0.15, 0.2) is 36.4 Å². The summed E-state index contributed by atoms with van der Waals surface area (Å²) in [5.41, 5.74) is 6.70. The normalized spacial score (nSPS) is 12.2. The zero-order chi connectivity index (χ0) is 24.1. The number of nitrogens with zero attached hydrogens (tertiary/aromatic N) is 1. The number of benzene rings is 2. The molecule has 0 aliphatic rings. The molecule has 0 aromatic heterocycles.